The van der Waals surface area contributed by atoms with Gasteiger partial charge in [-0.05, 0) is 73.0 Å². The van der Waals surface area contributed by atoms with Crippen molar-refractivity contribution in [2.24, 2.45) is 0 Å². The molecule has 3 aliphatic heterocycles. The monoisotopic (exact) mass is 542 g/mol. The number of hydrogen-bond donors (Lipinski definition) is 0. The van der Waals surface area contributed by atoms with Gasteiger partial charge in [-0.1, -0.05) is 91.0 Å². The predicted molar refractivity (Wildman–Crippen MR) is 177 cm³/mol. The minimum atomic E-state index is 0.116. The van der Waals surface area contributed by atoms with E-state index in [-0.39, 0.29) is 6.71 Å². The molecule has 0 saturated carbocycles. The highest BCUT2D eigenvalue weighted by Gasteiger charge is 2.45. The summed E-state index contributed by atoms with van der Waals surface area (Å²) in [5, 5.41) is 7.95. The first-order valence-electron chi connectivity index (χ1n) is 14.9. The number of hydrogen-bond acceptors (Lipinski definition) is 2. The second-order valence-electron chi connectivity index (χ2n) is 12.2. The summed E-state index contributed by atoms with van der Waals surface area (Å²) in [5.74, 6) is 1.99. The fraction of sp³-hybridized carbons (Fsp3) is 0. The first kappa shape index (κ1) is 21.1. The molecule has 194 valence electrons. The second-order valence-corrected chi connectivity index (χ2v) is 12.2. The Morgan fingerprint density at radius 3 is 1.44 bits per heavy atom. The predicted octanol–water partition coefficient (Wildman–Crippen LogP) is 6.61. The zero-order valence-corrected chi connectivity index (χ0v) is 22.8. The minimum absolute atomic E-state index is 0.116. The quantitative estimate of drug-likeness (QED) is 0.182. The fourth-order valence-corrected chi connectivity index (χ4v) is 8.65. The second kappa shape index (κ2) is 6.85. The highest BCUT2D eigenvalue weighted by Crippen LogP contribution is 2.44. The summed E-state index contributed by atoms with van der Waals surface area (Å²) in [6.07, 6.45) is 0. The molecule has 2 aromatic heterocycles. The normalized spacial score (nSPS) is 13.5. The molecule has 4 nitrogen and oxygen atoms in total. The maximum absolute atomic E-state index is 5.37. The van der Waals surface area contributed by atoms with Crippen LogP contribution < -0.4 is 16.4 Å². The van der Waals surface area contributed by atoms with Crippen molar-refractivity contribution in [3.8, 4) is 34.2 Å². The molecule has 7 aromatic carbocycles. The molecule has 12 rings (SSSR count). The Morgan fingerprint density at radius 1 is 0.442 bits per heavy atom. The zero-order chi connectivity index (χ0) is 27.6. The number of nitrogens with zero attached hydrogens (tertiary/aromatic N) is 4. The van der Waals surface area contributed by atoms with E-state index in [1.807, 2.05) is 0 Å². The maximum atomic E-state index is 5.37. The van der Waals surface area contributed by atoms with Crippen LogP contribution in [0.2, 0.25) is 0 Å². The number of rotatable bonds is 2. The van der Waals surface area contributed by atoms with Crippen LogP contribution in [0.1, 0.15) is 0 Å². The zero-order valence-electron chi connectivity index (χ0n) is 22.8. The highest BCUT2D eigenvalue weighted by molar-refractivity contribution is 7.04. The van der Waals surface area contributed by atoms with Crippen molar-refractivity contribution in [1.29, 1.82) is 0 Å². The van der Waals surface area contributed by atoms with Crippen LogP contribution in [-0.4, -0.2) is 25.8 Å². The van der Waals surface area contributed by atoms with Crippen LogP contribution in [0.3, 0.4) is 0 Å². The average molecular weight is 542 g/mol. The summed E-state index contributed by atoms with van der Waals surface area (Å²) in [5.41, 5.74) is 13.4. The average Bonchev–Trinajstić information content (AvgIpc) is 3.65. The Hall–Kier alpha value is -5.68. The van der Waals surface area contributed by atoms with Crippen molar-refractivity contribution in [3.63, 3.8) is 0 Å². The van der Waals surface area contributed by atoms with Crippen molar-refractivity contribution in [2.75, 3.05) is 0 Å². The molecule has 43 heavy (non-hydrogen) atoms. The Labute approximate surface area is 245 Å². The van der Waals surface area contributed by atoms with Gasteiger partial charge in [0, 0.05) is 22.5 Å². The molecule has 3 aliphatic rings. The van der Waals surface area contributed by atoms with E-state index in [0.717, 1.165) is 33.8 Å². The summed E-state index contributed by atoms with van der Waals surface area (Å²) in [6.45, 7) is 0.116. The van der Waals surface area contributed by atoms with Crippen LogP contribution in [0.15, 0.2) is 115 Å². The van der Waals surface area contributed by atoms with E-state index in [1.165, 1.54) is 71.1 Å². The van der Waals surface area contributed by atoms with Crippen LogP contribution in [0.5, 0.6) is 0 Å². The molecule has 0 radical (unpaired) electrons. The van der Waals surface area contributed by atoms with E-state index in [2.05, 4.69) is 124 Å². The van der Waals surface area contributed by atoms with E-state index >= 15 is 0 Å². The van der Waals surface area contributed by atoms with Gasteiger partial charge in [0.25, 0.3) is 6.71 Å². The SMILES string of the molecule is c1ccc(-c2nc3cc4ccc5ccc6cc7nc(-c8ccccc8)n8c7c7c6c5c4c4c3n2-c2cccc-8c2B47)cc1. The van der Waals surface area contributed by atoms with Gasteiger partial charge in [-0.25, -0.2) is 9.97 Å². The van der Waals surface area contributed by atoms with Gasteiger partial charge in [0.2, 0.25) is 0 Å². The van der Waals surface area contributed by atoms with E-state index < -0.39 is 0 Å². The molecule has 0 amide bonds. The van der Waals surface area contributed by atoms with E-state index in [4.69, 9.17) is 9.97 Å². The van der Waals surface area contributed by atoms with Gasteiger partial charge in [0.05, 0.1) is 22.1 Å². The lowest BCUT2D eigenvalue weighted by atomic mass is 9.32. The summed E-state index contributed by atoms with van der Waals surface area (Å²) in [7, 11) is 0. The third kappa shape index (κ3) is 2.24. The lowest BCUT2D eigenvalue weighted by Gasteiger charge is -2.37. The Bertz CT molecular complexity index is 2590. The van der Waals surface area contributed by atoms with E-state index in [1.54, 1.807) is 0 Å². The molecule has 0 spiro atoms. The van der Waals surface area contributed by atoms with Gasteiger partial charge in [-0.2, -0.15) is 0 Å². The van der Waals surface area contributed by atoms with Gasteiger partial charge < -0.3 is 0 Å². The topological polar surface area (TPSA) is 35.6 Å². The molecule has 5 heterocycles. The molecule has 0 fully saturated rings. The molecule has 0 saturated heterocycles. The molecule has 0 aliphatic carbocycles. The lowest BCUT2D eigenvalue weighted by Crippen LogP contribution is -2.61. The largest absolute Gasteiger partial charge is 0.293 e. The molecule has 9 aromatic rings. The lowest BCUT2D eigenvalue weighted by molar-refractivity contribution is 1.07. The molecule has 0 bridgehead atoms. The van der Waals surface area contributed by atoms with Gasteiger partial charge in [-0.15, -0.1) is 0 Å². The smallest absolute Gasteiger partial charge is 0.254 e. The van der Waals surface area contributed by atoms with Crippen molar-refractivity contribution in [1.82, 2.24) is 19.1 Å². The molecule has 5 heteroatoms. The Balaban J connectivity index is 1.41. The minimum Gasteiger partial charge on any atom is -0.293 e. The van der Waals surface area contributed by atoms with Gasteiger partial charge >= 0.3 is 0 Å². The van der Waals surface area contributed by atoms with Crippen LogP contribution in [-0.2, 0) is 0 Å². The molecule has 0 N–H and O–H groups in total. The molecular formula is C38H19BN4. The van der Waals surface area contributed by atoms with E-state index in [9.17, 15) is 0 Å². The van der Waals surface area contributed by atoms with Crippen molar-refractivity contribution in [3.05, 3.63) is 115 Å². The van der Waals surface area contributed by atoms with Crippen molar-refractivity contribution < 1.29 is 0 Å². The fourth-order valence-electron chi connectivity index (χ4n) is 8.65. The van der Waals surface area contributed by atoms with Crippen LogP contribution in [0, 0.1) is 0 Å². The molecular weight excluding hydrogens is 523 g/mol. The number of fused-ring (bicyclic) bond motifs is 2. The van der Waals surface area contributed by atoms with Crippen molar-refractivity contribution >= 4 is 77.5 Å². The van der Waals surface area contributed by atoms with E-state index in [0.29, 0.717) is 0 Å². The molecule has 0 unspecified atom stereocenters. The van der Waals surface area contributed by atoms with Crippen LogP contribution in [0.4, 0.5) is 0 Å². The number of aromatic nitrogens is 4. The number of benzene rings is 7. The van der Waals surface area contributed by atoms with Gasteiger partial charge in [-0.3, -0.25) is 9.13 Å². The van der Waals surface area contributed by atoms with Crippen molar-refractivity contribution in [2.45, 2.75) is 0 Å². The summed E-state index contributed by atoms with van der Waals surface area (Å²) >= 11 is 0. The standard InChI is InChI=1S/C38H19BN4/c1-3-8-21(9-4-1)37-40-25-18-23-16-14-20-15-17-24-19-26-36-34-31(24)29(20)30(23)33-35(25)42(37)27-12-7-13-28(32(27)39(33)34)43(36)38(41-26)22-10-5-2-6-11-22/h1-19H. The summed E-state index contributed by atoms with van der Waals surface area (Å²) in [4.78, 5) is 10.7. The summed E-state index contributed by atoms with van der Waals surface area (Å²) in [6, 6.07) is 41.9. The third-order valence-electron chi connectivity index (χ3n) is 10.2. The molecule has 0 atom stereocenters. The third-order valence-corrected chi connectivity index (χ3v) is 10.2. The summed E-state index contributed by atoms with van der Waals surface area (Å²) < 4.78 is 4.89. The first-order valence-corrected chi connectivity index (χ1v) is 14.9. The van der Waals surface area contributed by atoms with Gasteiger partial charge in [0.15, 0.2) is 0 Å². The highest BCUT2D eigenvalue weighted by atomic mass is 15.1. The van der Waals surface area contributed by atoms with Crippen LogP contribution >= 0.6 is 0 Å². The number of imidazole rings is 2. The van der Waals surface area contributed by atoms with Crippen LogP contribution in [0.25, 0.3) is 88.5 Å². The maximum Gasteiger partial charge on any atom is 0.254 e. The van der Waals surface area contributed by atoms with Gasteiger partial charge in [0.1, 0.15) is 11.6 Å². The Morgan fingerprint density at radius 2 is 0.930 bits per heavy atom. The Kier molecular flexibility index (Phi) is 3.36. The first-order chi connectivity index (χ1) is 21.3.